The fourth-order valence-electron chi connectivity index (χ4n) is 5.56. The molecule has 2 atom stereocenters. The molecule has 0 amide bonds. The average molecular weight is 623 g/mol. The first-order chi connectivity index (χ1) is 19.1. The van der Waals surface area contributed by atoms with E-state index in [4.69, 9.17) is 0 Å². The van der Waals surface area contributed by atoms with Crippen molar-refractivity contribution in [3.63, 3.8) is 0 Å². The SMILES string of the molecule is O=S(=O)(O)c1cc(C2NCc3ccccc32)ccc1C=Cc1ccc(C2NCc3ccccc32)cc1S(=O)(=O)O.[NaH].[NaH]. The molecule has 12 heteroatoms. The third kappa shape index (κ3) is 6.71. The summed E-state index contributed by atoms with van der Waals surface area (Å²) in [5.74, 6) is 0. The van der Waals surface area contributed by atoms with Crippen molar-refractivity contribution in [1.82, 2.24) is 10.6 Å². The Balaban J connectivity index is 0.00000202. The van der Waals surface area contributed by atoms with E-state index in [0.717, 1.165) is 22.3 Å². The summed E-state index contributed by atoms with van der Waals surface area (Å²) >= 11 is 0. The van der Waals surface area contributed by atoms with Gasteiger partial charge in [0.2, 0.25) is 0 Å². The van der Waals surface area contributed by atoms with Gasteiger partial charge in [0, 0.05) is 13.1 Å². The van der Waals surface area contributed by atoms with Crippen molar-refractivity contribution in [3.8, 4) is 0 Å². The van der Waals surface area contributed by atoms with Gasteiger partial charge in [-0.15, -0.1) is 0 Å². The molecule has 4 aromatic carbocycles. The zero-order valence-electron chi connectivity index (χ0n) is 21.2. The summed E-state index contributed by atoms with van der Waals surface area (Å²) < 4.78 is 69.5. The Hall–Kier alpha value is -1.64. The van der Waals surface area contributed by atoms with Crippen LogP contribution in [0.5, 0.6) is 0 Å². The quantitative estimate of drug-likeness (QED) is 0.146. The Kier molecular flexibility index (Phi) is 10.4. The van der Waals surface area contributed by atoms with Crippen LogP contribution in [-0.2, 0) is 33.3 Å². The van der Waals surface area contributed by atoms with Gasteiger partial charge in [0.25, 0.3) is 20.2 Å². The minimum absolute atomic E-state index is 0. The molecule has 0 aliphatic carbocycles. The molecule has 8 nitrogen and oxygen atoms in total. The zero-order valence-corrected chi connectivity index (χ0v) is 22.8. The molecular formula is C30H28N2Na2O6S2. The molecule has 4 aromatic rings. The van der Waals surface area contributed by atoms with E-state index in [0.29, 0.717) is 24.2 Å². The van der Waals surface area contributed by atoms with Crippen molar-refractivity contribution >= 4 is 91.5 Å². The van der Waals surface area contributed by atoms with Crippen LogP contribution in [0.1, 0.15) is 56.6 Å². The monoisotopic (exact) mass is 622 g/mol. The number of fused-ring (bicyclic) bond motifs is 2. The van der Waals surface area contributed by atoms with Gasteiger partial charge in [0.1, 0.15) is 9.79 Å². The van der Waals surface area contributed by atoms with E-state index in [2.05, 4.69) is 10.6 Å². The molecule has 208 valence electrons. The third-order valence-corrected chi connectivity index (χ3v) is 9.28. The third-order valence-electron chi connectivity index (χ3n) is 7.47. The van der Waals surface area contributed by atoms with Crippen LogP contribution in [0.15, 0.2) is 94.7 Å². The van der Waals surface area contributed by atoms with Crippen molar-refractivity contribution < 1.29 is 25.9 Å². The molecule has 0 saturated heterocycles. The molecule has 0 radical (unpaired) electrons. The average Bonchev–Trinajstić information content (AvgIpc) is 3.55. The van der Waals surface area contributed by atoms with Gasteiger partial charge < -0.3 is 10.6 Å². The van der Waals surface area contributed by atoms with Gasteiger partial charge in [0.05, 0.1) is 12.1 Å². The summed E-state index contributed by atoms with van der Waals surface area (Å²) in [6.07, 6.45) is 2.82. The van der Waals surface area contributed by atoms with E-state index in [1.807, 2.05) is 48.5 Å². The minimum atomic E-state index is -4.61. The molecule has 0 bridgehead atoms. The van der Waals surface area contributed by atoms with Gasteiger partial charge >= 0.3 is 59.1 Å². The Morgan fingerprint density at radius 2 is 0.976 bits per heavy atom. The van der Waals surface area contributed by atoms with Gasteiger partial charge in [0.15, 0.2) is 0 Å². The predicted molar refractivity (Wildman–Crippen MR) is 166 cm³/mol. The normalized spacial score (nSPS) is 17.8. The van der Waals surface area contributed by atoms with Crippen LogP contribution >= 0.6 is 0 Å². The van der Waals surface area contributed by atoms with E-state index in [-0.39, 0.29) is 92.1 Å². The van der Waals surface area contributed by atoms with E-state index in [1.165, 1.54) is 24.3 Å². The second-order valence-electron chi connectivity index (χ2n) is 9.90. The van der Waals surface area contributed by atoms with Crippen LogP contribution in [0.25, 0.3) is 12.2 Å². The van der Waals surface area contributed by atoms with Crippen molar-refractivity contribution in [2.24, 2.45) is 0 Å². The first kappa shape index (κ1) is 33.3. The summed E-state index contributed by atoms with van der Waals surface area (Å²) in [6.45, 7) is 1.28. The van der Waals surface area contributed by atoms with Crippen LogP contribution in [0.3, 0.4) is 0 Å². The number of hydrogen-bond acceptors (Lipinski definition) is 6. The van der Waals surface area contributed by atoms with Crippen LogP contribution in [0.4, 0.5) is 0 Å². The Bertz CT molecular complexity index is 1760. The molecule has 42 heavy (non-hydrogen) atoms. The molecule has 2 aliphatic heterocycles. The Morgan fingerprint density at radius 1 is 0.595 bits per heavy atom. The Labute approximate surface area is 289 Å². The fourth-order valence-corrected chi connectivity index (χ4v) is 6.99. The van der Waals surface area contributed by atoms with Crippen molar-refractivity contribution in [3.05, 3.63) is 129 Å². The summed E-state index contributed by atoms with van der Waals surface area (Å²) in [5.41, 5.74) is 5.98. The number of hydrogen-bond donors (Lipinski definition) is 4. The van der Waals surface area contributed by atoms with Crippen LogP contribution in [0, 0.1) is 0 Å². The molecule has 2 aliphatic rings. The standard InChI is InChI=1S/C30H26N2O6S2.2Na.2H/c33-39(34,35)27-15-21(29-25-7-3-1-5-23(25)17-31-29)13-11-19(27)9-10-20-12-14-22(16-28(20)40(36,37)38)30-26-8-4-2-6-24(26)18-32-30;;;;/h1-16,29-32H,17-18H2,(H,33,34,35)(H,36,37,38);;;;. The van der Waals surface area contributed by atoms with Gasteiger partial charge in [-0.05, 0) is 56.6 Å². The van der Waals surface area contributed by atoms with E-state index in [9.17, 15) is 25.9 Å². The molecule has 0 fully saturated rings. The van der Waals surface area contributed by atoms with Gasteiger partial charge in [-0.3, -0.25) is 9.11 Å². The summed E-state index contributed by atoms with van der Waals surface area (Å²) in [7, 11) is -9.21. The molecule has 4 N–H and O–H groups in total. The molecule has 6 rings (SSSR count). The molecule has 2 unspecified atom stereocenters. The molecule has 2 heterocycles. The number of nitrogens with one attached hydrogen (secondary N) is 2. The topological polar surface area (TPSA) is 133 Å². The fraction of sp³-hybridized carbons (Fsp3) is 0.133. The van der Waals surface area contributed by atoms with E-state index in [1.54, 1.807) is 24.3 Å². The van der Waals surface area contributed by atoms with Crippen molar-refractivity contribution in [2.45, 2.75) is 35.0 Å². The number of rotatable bonds is 6. The van der Waals surface area contributed by atoms with E-state index >= 15 is 0 Å². The van der Waals surface area contributed by atoms with Crippen molar-refractivity contribution in [1.29, 1.82) is 0 Å². The second-order valence-corrected chi connectivity index (χ2v) is 12.7. The summed E-state index contributed by atoms with van der Waals surface area (Å²) in [6, 6.07) is 24.7. The van der Waals surface area contributed by atoms with Gasteiger partial charge in [-0.2, -0.15) is 16.8 Å². The summed E-state index contributed by atoms with van der Waals surface area (Å²) in [5, 5.41) is 6.72. The first-order valence-electron chi connectivity index (χ1n) is 12.6. The number of benzene rings is 4. The van der Waals surface area contributed by atoms with Crippen LogP contribution < -0.4 is 10.6 Å². The maximum atomic E-state index is 12.4. The second kappa shape index (κ2) is 13.2. The van der Waals surface area contributed by atoms with Gasteiger partial charge in [-0.1, -0.05) is 84.9 Å². The predicted octanol–water partition coefficient (Wildman–Crippen LogP) is 3.44. The molecule has 0 aromatic heterocycles. The summed E-state index contributed by atoms with van der Waals surface area (Å²) in [4.78, 5) is -0.603. The van der Waals surface area contributed by atoms with Gasteiger partial charge in [-0.25, -0.2) is 0 Å². The van der Waals surface area contributed by atoms with Crippen LogP contribution in [0.2, 0.25) is 0 Å². The Morgan fingerprint density at radius 3 is 1.36 bits per heavy atom. The van der Waals surface area contributed by atoms with Crippen LogP contribution in [-0.4, -0.2) is 85.1 Å². The van der Waals surface area contributed by atoms with E-state index < -0.39 is 20.2 Å². The first-order valence-corrected chi connectivity index (χ1v) is 15.5. The molecule has 0 saturated carbocycles. The maximum absolute atomic E-state index is 12.4. The molecule has 0 spiro atoms. The zero-order chi connectivity index (χ0) is 28.1. The van der Waals surface area contributed by atoms with Crippen molar-refractivity contribution in [2.75, 3.05) is 0 Å². The molecular weight excluding hydrogens is 594 g/mol.